The van der Waals surface area contributed by atoms with Gasteiger partial charge in [-0.2, -0.15) is 0 Å². The molecule has 0 aromatic carbocycles. The van der Waals surface area contributed by atoms with Crippen LogP contribution in [-0.2, 0) is 27.9 Å². The molecule has 0 saturated heterocycles. The molecule has 0 aromatic heterocycles. The van der Waals surface area contributed by atoms with E-state index in [1.807, 2.05) is 21.1 Å². The summed E-state index contributed by atoms with van der Waals surface area (Å²) in [7, 11) is 1.17. The molecule has 0 aliphatic heterocycles. The van der Waals surface area contributed by atoms with E-state index < -0.39 is 32.6 Å². The van der Waals surface area contributed by atoms with E-state index in [4.69, 9.17) is 18.5 Å². The third-order valence-corrected chi connectivity index (χ3v) is 17.5. The van der Waals surface area contributed by atoms with Crippen molar-refractivity contribution in [2.24, 2.45) is 46.3 Å². The molecule has 0 radical (unpaired) electrons. The summed E-state index contributed by atoms with van der Waals surface area (Å²) in [5.41, 5.74) is 1.97. The molecule has 0 spiro atoms. The Morgan fingerprint density at radius 1 is 0.844 bits per heavy atom. The smallest absolute Gasteiger partial charge is 0.335 e. The second-order valence-electron chi connectivity index (χ2n) is 23.0. The molecule has 4 aliphatic rings. The number of unbranched alkanes of at least 4 members (excludes halogenated alkanes) is 12. The van der Waals surface area contributed by atoms with Crippen LogP contribution in [0.25, 0.3) is 0 Å². The zero-order valence-corrected chi connectivity index (χ0v) is 43.5. The van der Waals surface area contributed by atoms with E-state index >= 15 is 0 Å². The monoisotopic (exact) mass is 920 g/mol. The van der Waals surface area contributed by atoms with Crippen LogP contribution in [0.15, 0.2) is 23.8 Å². The number of phosphoric ester groups is 1. The number of carboxylic acids is 1. The molecule has 11 atom stereocenters. The fourth-order valence-electron chi connectivity index (χ4n) is 12.7. The highest BCUT2D eigenvalue weighted by Crippen LogP contribution is 2.67. The number of likely N-dealkylation sites (N-methyl/N-ethyl adjacent to an activating group) is 1. The van der Waals surface area contributed by atoms with Gasteiger partial charge in [0.2, 0.25) is 0 Å². The number of hydrogen-bond donors (Lipinski definition) is 1. The maximum Gasteiger partial charge on any atom is 0.335 e. The Balaban J connectivity index is 1.30. The lowest BCUT2D eigenvalue weighted by atomic mass is 9.47. The molecular formula is C54H98NO8P. The minimum absolute atomic E-state index is 0.0277. The number of nitrogens with zero attached hydrogens (tertiary/aromatic N) is 1. The Bertz CT molecular complexity index is 1460. The Morgan fingerprint density at radius 2 is 1.50 bits per heavy atom. The number of carboxylic acid groups (broad SMARTS) is 1. The second kappa shape index (κ2) is 27.2. The van der Waals surface area contributed by atoms with Crippen molar-refractivity contribution in [1.82, 2.24) is 0 Å². The van der Waals surface area contributed by atoms with E-state index in [0.717, 1.165) is 75.0 Å². The Kier molecular flexibility index (Phi) is 23.6. The first-order valence-electron chi connectivity index (χ1n) is 26.6. The maximum absolute atomic E-state index is 13.0. The Morgan fingerprint density at radius 3 is 2.14 bits per heavy atom. The quantitative estimate of drug-likeness (QED) is 0.0300. The van der Waals surface area contributed by atoms with Gasteiger partial charge in [-0.05, 0) is 130 Å². The number of carbonyl (C=O) groups is 1. The van der Waals surface area contributed by atoms with Crippen molar-refractivity contribution in [3.05, 3.63) is 23.8 Å². The third kappa shape index (κ3) is 17.5. The lowest BCUT2D eigenvalue weighted by Gasteiger charge is -2.58. The molecule has 9 nitrogen and oxygen atoms in total. The third-order valence-electron chi connectivity index (χ3n) is 16.6. The van der Waals surface area contributed by atoms with Crippen LogP contribution in [0.2, 0.25) is 0 Å². The van der Waals surface area contributed by atoms with Crippen molar-refractivity contribution in [2.75, 3.05) is 47.5 Å². The van der Waals surface area contributed by atoms with Gasteiger partial charge in [-0.15, -0.1) is 0 Å². The van der Waals surface area contributed by atoms with E-state index in [-0.39, 0.29) is 18.1 Å². The summed E-state index contributed by atoms with van der Waals surface area (Å²) in [6.45, 7) is 14.9. The number of fused-ring (bicyclic) bond motifs is 5. The Labute approximate surface area is 392 Å². The Hall–Kier alpha value is -1.06. The van der Waals surface area contributed by atoms with E-state index in [1.165, 1.54) is 108 Å². The summed E-state index contributed by atoms with van der Waals surface area (Å²) < 4.78 is 36.7. The van der Waals surface area contributed by atoms with E-state index in [0.29, 0.717) is 41.3 Å². The van der Waals surface area contributed by atoms with Crippen molar-refractivity contribution in [3.63, 3.8) is 0 Å². The molecule has 0 amide bonds. The standard InChI is InChI=1S/C54H98NO8P/c1-10-11-12-13-14-15-16-17-18-19-20-21-22-23-24-25-38-60-50(41-62-64(58,59)61-39-37-55(7,8)9)51(52(56)57)63-45-33-35-53(5)44(40-45)29-30-46-48-32-31-47(43(4)28-26-27-42(2)3)54(48,6)36-34-49(46)53/h17-18,29,42-43,45-51H,10-16,19-28,30-41H2,1-9H3,(H-,56,57,58,59)/b18-17-/t43-,45?,46?,47-,48?,49?,50?,51?,53+,54-/m1/s1. The first kappa shape index (κ1) is 55.5. The van der Waals surface area contributed by atoms with Crippen LogP contribution in [0.3, 0.4) is 0 Å². The summed E-state index contributed by atoms with van der Waals surface area (Å²) in [5.74, 6) is 3.38. The minimum Gasteiger partial charge on any atom is -0.756 e. The average molecular weight is 920 g/mol. The molecule has 3 fully saturated rings. The molecule has 4 rings (SSSR count). The van der Waals surface area contributed by atoms with Crippen molar-refractivity contribution in [2.45, 2.75) is 220 Å². The highest BCUT2D eigenvalue weighted by atomic mass is 31.2. The van der Waals surface area contributed by atoms with E-state index in [1.54, 1.807) is 0 Å². The van der Waals surface area contributed by atoms with Gasteiger partial charge < -0.3 is 33.0 Å². The summed E-state index contributed by atoms with van der Waals surface area (Å²) in [5, 5.41) is 10.6. The number of allylic oxidation sites excluding steroid dienone is 3. The van der Waals surface area contributed by atoms with Crippen molar-refractivity contribution in [3.8, 4) is 0 Å². The number of rotatable bonds is 33. The van der Waals surface area contributed by atoms with Gasteiger partial charge in [-0.3, -0.25) is 4.57 Å². The van der Waals surface area contributed by atoms with Crippen LogP contribution in [0.1, 0.15) is 202 Å². The summed E-state index contributed by atoms with van der Waals surface area (Å²) in [6, 6.07) is 0. The summed E-state index contributed by atoms with van der Waals surface area (Å²) >= 11 is 0. The van der Waals surface area contributed by atoms with Crippen molar-refractivity contribution in [1.29, 1.82) is 0 Å². The SMILES string of the molecule is CCCCCCCC/C=C\CCCCCCCCOC(COP(=O)([O-])OCC[N+](C)(C)C)C(OC1CC[C@@]2(C)C(=CCC3C2CC[C@@]2(C)C3CC[C@@H]2[C@H](C)CCCC(C)C)C1)C(=O)O. The molecule has 7 unspecified atom stereocenters. The highest BCUT2D eigenvalue weighted by Gasteiger charge is 2.59. The number of aliphatic carboxylic acids is 1. The molecule has 4 aliphatic carbocycles. The number of hydrogen-bond acceptors (Lipinski definition) is 7. The van der Waals surface area contributed by atoms with Crippen LogP contribution < -0.4 is 4.89 Å². The first-order valence-corrected chi connectivity index (χ1v) is 28.1. The lowest BCUT2D eigenvalue weighted by molar-refractivity contribution is -0.870. The van der Waals surface area contributed by atoms with E-state index in [9.17, 15) is 19.4 Å². The largest absolute Gasteiger partial charge is 0.756 e. The van der Waals surface area contributed by atoms with Crippen molar-refractivity contribution < 1.29 is 42.4 Å². The zero-order valence-electron chi connectivity index (χ0n) is 42.6. The van der Waals surface area contributed by atoms with Crippen LogP contribution in [0, 0.1) is 46.3 Å². The molecule has 372 valence electrons. The first-order chi connectivity index (χ1) is 30.4. The van der Waals surface area contributed by atoms with Gasteiger partial charge >= 0.3 is 5.97 Å². The topological polar surface area (TPSA) is 114 Å². The van der Waals surface area contributed by atoms with Gasteiger partial charge in [0.25, 0.3) is 7.82 Å². The predicted molar refractivity (Wildman–Crippen MR) is 261 cm³/mol. The fraction of sp³-hybridized carbons (Fsp3) is 0.907. The maximum atomic E-state index is 13.0. The molecular weight excluding hydrogens is 822 g/mol. The number of ether oxygens (including phenoxy) is 2. The average Bonchev–Trinajstić information content (AvgIpc) is 3.59. The normalized spacial score (nSPS) is 29.5. The zero-order chi connectivity index (χ0) is 46.8. The van der Waals surface area contributed by atoms with Crippen LogP contribution in [-0.4, -0.2) is 81.4 Å². The van der Waals surface area contributed by atoms with E-state index in [2.05, 4.69) is 59.8 Å². The predicted octanol–water partition coefficient (Wildman–Crippen LogP) is 13.5. The number of quaternary nitrogens is 1. The van der Waals surface area contributed by atoms with Crippen molar-refractivity contribution >= 4 is 13.8 Å². The van der Waals surface area contributed by atoms with Gasteiger partial charge in [0, 0.05) is 6.61 Å². The lowest BCUT2D eigenvalue weighted by Crippen LogP contribution is -2.51. The van der Waals surface area contributed by atoms with Gasteiger partial charge in [-0.1, -0.05) is 142 Å². The summed E-state index contributed by atoms with van der Waals surface area (Å²) in [4.78, 5) is 25.8. The van der Waals surface area contributed by atoms with Crippen LogP contribution >= 0.6 is 7.82 Å². The molecule has 3 saturated carbocycles. The minimum atomic E-state index is -4.70. The highest BCUT2D eigenvalue weighted by molar-refractivity contribution is 7.45. The van der Waals surface area contributed by atoms with Gasteiger partial charge in [0.15, 0.2) is 6.10 Å². The molecule has 0 aromatic rings. The fourth-order valence-corrected chi connectivity index (χ4v) is 13.4. The van der Waals surface area contributed by atoms with Crippen LogP contribution in [0.4, 0.5) is 0 Å². The molecule has 0 heterocycles. The second-order valence-corrected chi connectivity index (χ2v) is 24.4. The van der Waals surface area contributed by atoms with Gasteiger partial charge in [-0.25, -0.2) is 4.79 Å². The van der Waals surface area contributed by atoms with Gasteiger partial charge in [0.1, 0.15) is 19.3 Å². The molecule has 1 N–H and O–H groups in total. The summed E-state index contributed by atoms with van der Waals surface area (Å²) in [6.07, 6.45) is 34.1. The number of phosphoric acid groups is 1. The van der Waals surface area contributed by atoms with Gasteiger partial charge in [0.05, 0.1) is 33.9 Å². The molecule has 64 heavy (non-hydrogen) atoms. The molecule has 0 bridgehead atoms. The molecule has 10 heteroatoms. The van der Waals surface area contributed by atoms with Crippen LogP contribution in [0.5, 0.6) is 0 Å².